The van der Waals surface area contributed by atoms with E-state index in [1.54, 1.807) is 6.07 Å². The van der Waals surface area contributed by atoms with Crippen molar-refractivity contribution in [2.45, 2.75) is 17.7 Å². The summed E-state index contributed by atoms with van der Waals surface area (Å²) in [6, 6.07) is 9.30. The molecule has 1 aliphatic heterocycles. The highest BCUT2D eigenvalue weighted by atomic mass is 32.2. The van der Waals surface area contributed by atoms with Crippen LogP contribution in [0, 0.1) is 11.3 Å². The predicted molar refractivity (Wildman–Crippen MR) is 83.6 cm³/mol. The molecule has 3 rings (SSSR count). The quantitative estimate of drug-likeness (QED) is 0.621. The van der Waals surface area contributed by atoms with E-state index in [0.717, 1.165) is 11.8 Å². The Kier molecular flexibility index (Phi) is 5.18. The van der Waals surface area contributed by atoms with Gasteiger partial charge in [-0.2, -0.15) is 5.26 Å². The zero-order valence-electron chi connectivity index (χ0n) is 12.6. The number of nitriles is 1. The molecule has 0 saturated carbocycles. The van der Waals surface area contributed by atoms with Crippen molar-refractivity contribution in [1.82, 2.24) is 15.5 Å². The molecule has 0 spiro atoms. The number of para-hydroxylation sites is 2. The van der Waals surface area contributed by atoms with Crippen molar-refractivity contribution in [2.24, 2.45) is 0 Å². The number of carbonyl (C=O) groups is 1. The predicted octanol–water partition coefficient (Wildman–Crippen LogP) is 1.70. The number of nitrogens with zero attached hydrogens (tertiary/aromatic N) is 3. The number of nitrogens with one attached hydrogen (secondary N) is 1. The minimum absolute atomic E-state index is 0.137. The fourth-order valence-electron chi connectivity index (χ4n) is 1.99. The zero-order chi connectivity index (χ0) is 16.8. The second kappa shape index (κ2) is 7.70. The van der Waals surface area contributed by atoms with E-state index in [0.29, 0.717) is 23.9 Å². The molecule has 1 N–H and O–H groups in total. The highest BCUT2D eigenvalue weighted by Crippen LogP contribution is 2.35. The van der Waals surface area contributed by atoms with Gasteiger partial charge in [0.15, 0.2) is 11.5 Å². The van der Waals surface area contributed by atoms with E-state index in [1.807, 2.05) is 24.3 Å². The van der Waals surface area contributed by atoms with Crippen LogP contribution in [0.15, 0.2) is 33.9 Å². The first-order valence-electron chi connectivity index (χ1n) is 7.24. The maximum absolute atomic E-state index is 11.6. The van der Waals surface area contributed by atoms with Crippen molar-refractivity contribution >= 4 is 17.7 Å². The largest absolute Gasteiger partial charge is 0.485 e. The van der Waals surface area contributed by atoms with Gasteiger partial charge in [0.2, 0.25) is 12.0 Å². The summed E-state index contributed by atoms with van der Waals surface area (Å²) in [5.41, 5.74) is 0. The molecule has 0 saturated heterocycles. The Morgan fingerprint density at radius 3 is 3.04 bits per heavy atom. The van der Waals surface area contributed by atoms with Gasteiger partial charge in [-0.05, 0) is 12.1 Å². The number of amides is 1. The molecule has 1 aliphatic rings. The number of thioether (sulfide) groups is 1. The molecule has 0 radical (unpaired) electrons. The number of ether oxygens (including phenoxy) is 2. The summed E-state index contributed by atoms with van der Waals surface area (Å²) in [5, 5.41) is 19.2. The van der Waals surface area contributed by atoms with E-state index in [1.165, 1.54) is 0 Å². The molecular formula is C15H14N4O4S. The number of rotatable bonds is 6. The Morgan fingerprint density at radius 2 is 2.21 bits per heavy atom. The maximum atomic E-state index is 11.6. The lowest BCUT2D eigenvalue weighted by atomic mass is 10.2. The molecule has 1 aromatic carbocycles. The van der Waals surface area contributed by atoms with Crippen LogP contribution in [0.4, 0.5) is 0 Å². The second-order valence-corrected chi connectivity index (χ2v) is 5.74. The number of hydrogen-bond acceptors (Lipinski definition) is 8. The molecular weight excluding hydrogens is 332 g/mol. The van der Waals surface area contributed by atoms with Crippen molar-refractivity contribution in [3.05, 3.63) is 30.2 Å². The fraction of sp³-hybridized carbons (Fsp3) is 0.333. The van der Waals surface area contributed by atoms with Crippen LogP contribution in [-0.4, -0.2) is 35.0 Å². The lowest BCUT2D eigenvalue weighted by molar-refractivity contribution is -0.118. The van der Waals surface area contributed by atoms with Crippen LogP contribution >= 0.6 is 11.8 Å². The third-order valence-electron chi connectivity index (χ3n) is 3.09. The van der Waals surface area contributed by atoms with E-state index >= 15 is 0 Å². The number of hydrogen-bond donors (Lipinski definition) is 1. The highest BCUT2D eigenvalue weighted by molar-refractivity contribution is 7.99. The average Bonchev–Trinajstić information content (AvgIpc) is 3.09. The number of carbonyl (C=O) groups excluding carboxylic acids is 1. The topological polar surface area (TPSA) is 110 Å². The molecule has 8 nitrogen and oxygen atoms in total. The minimum Gasteiger partial charge on any atom is -0.485 e. The van der Waals surface area contributed by atoms with Crippen LogP contribution in [0.1, 0.15) is 18.4 Å². The Labute approximate surface area is 142 Å². The van der Waals surface area contributed by atoms with Gasteiger partial charge in [0.05, 0.1) is 18.2 Å². The van der Waals surface area contributed by atoms with Crippen LogP contribution in [0.2, 0.25) is 0 Å². The van der Waals surface area contributed by atoms with Crippen LogP contribution in [0.3, 0.4) is 0 Å². The summed E-state index contributed by atoms with van der Waals surface area (Å²) >= 11 is 1.13. The lowest BCUT2D eigenvalue weighted by Gasteiger charge is -2.23. The van der Waals surface area contributed by atoms with Gasteiger partial charge in [0.1, 0.15) is 6.61 Å². The van der Waals surface area contributed by atoms with Crippen molar-refractivity contribution < 1.29 is 18.7 Å². The molecule has 124 valence electrons. The van der Waals surface area contributed by atoms with Gasteiger partial charge in [-0.3, -0.25) is 4.79 Å². The summed E-state index contributed by atoms with van der Waals surface area (Å²) in [5.74, 6) is 1.55. The third kappa shape index (κ3) is 3.97. The van der Waals surface area contributed by atoms with Crippen molar-refractivity contribution in [1.29, 1.82) is 5.26 Å². The average molecular weight is 346 g/mol. The van der Waals surface area contributed by atoms with Crippen LogP contribution in [0.25, 0.3) is 0 Å². The van der Waals surface area contributed by atoms with E-state index < -0.39 is 6.10 Å². The molecule has 1 atom stereocenters. The summed E-state index contributed by atoms with van der Waals surface area (Å²) in [6.07, 6.45) is -0.201. The lowest BCUT2D eigenvalue weighted by Crippen LogP contribution is -2.25. The van der Waals surface area contributed by atoms with Crippen LogP contribution in [-0.2, 0) is 4.79 Å². The second-order valence-electron chi connectivity index (χ2n) is 4.82. The van der Waals surface area contributed by atoms with Gasteiger partial charge in [-0.1, -0.05) is 23.9 Å². The van der Waals surface area contributed by atoms with Gasteiger partial charge in [0, 0.05) is 6.54 Å². The molecule has 0 aliphatic carbocycles. The van der Waals surface area contributed by atoms with E-state index in [9.17, 15) is 4.79 Å². The molecule has 1 aromatic heterocycles. The zero-order valence-corrected chi connectivity index (χ0v) is 13.4. The summed E-state index contributed by atoms with van der Waals surface area (Å²) in [4.78, 5) is 11.6. The van der Waals surface area contributed by atoms with E-state index in [-0.39, 0.29) is 29.9 Å². The van der Waals surface area contributed by atoms with E-state index in [2.05, 4.69) is 15.5 Å². The minimum atomic E-state index is -0.480. The first kappa shape index (κ1) is 16.1. The normalized spacial score (nSPS) is 15.5. The monoisotopic (exact) mass is 346 g/mol. The maximum Gasteiger partial charge on any atom is 0.277 e. The summed E-state index contributed by atoms with van der Waals surface area (Å²) in [6.45, 7) is 0.607. The van der Waals surface area contributed by atoms with E-state index in [4.69, 9.17) is 19.2 Å². The summed E-state index contributed by atoms with van der Waals surface area (Å²) in [7, 11) is 0. The standard InChI is InChI=1S/C15H14N4O4S/c16-6-3-7-17-13(20)9-24-15-19-18-14(23-15)12-8-21-10-4-1-2-5-11(10)22-12/h1-2,4-5,12H,3,7-9H2,(H,17,20)/t12-/m1/s1. The van der Waals surface area contributed by atoms with Crippen molar-refractivity contribution in [2.75, 3.05) is 18.9 Å². The first-order valence-corrected chi connectivity index (χ1v) is 8.23. The SMILES string of the molecule is N#CCCNC(=O)CSc1nnc([C@H]2COc3ccccc3O2)o1. The Hall–Kier alpha value is -2.73. The molecule has 9 heteroatoms. The van der Waals surface area contributed by atoms with Crippen LogP contribution in [0.5, 0.6) is 11.5 Å². The van der Waals surface area contributed by atoms with Gasteiger partial charge >= 0.3 is 0 Å². The molecule has 24 heavy (non-hydrogen) atoms. The molecule has 2 aromatic rings. The molecule has 2 heterocycles. The van der Waals surface area contributed by atoms with Crippen molar-refractivity contribution in [3.63, 3.8) is 0 Å². The third-order valence-corrected chi connectivity index (χ3v) is 3.91. The summed E-state index contributed by atoms with van der Waals surface area (Å²) < 4.78 is 16.9. The number of benzene rings is 1. The van der Waals surface area contributed by atoms with Gasteiger partial charge in [0.25, 0.3) is 11.1 Å². The van der Waals surface area contributed by atoms with Crippen molar-refractivity contribution in [3.8, 4) is 17.6 Å². The fourth-order valence-corrected chi connectivity index (χ4v) is 2.59. The molecule has 1 amide bonds. The molecule has 0 fully saturated rings. The van der Waals surface area contributed by atoms with Crippen LogP contribution < -0.4 is 14.8 Å². The highest BCUT2D eigenvalue weighted by Gasteiger charge is 2.27. The molecule has 0 bridgehead atoms. The Bertz CT molecular complexity index is 758. The number of fused-ring (bicyclic) bond motifs is 1. The Balaban J connectivity index is 1.53. The number of aromatic nitrogens is 2. The smallest absolute Gasteiger partial charge is 0.277 e. The first-order chi connectivity index (χ1) is 11.8. The molecule has 0 unspecified atom stereocenters. The Morgan fingerprint density at radius 1 is 1.38 bits per heavy atom. The van der Waals surface area contributed by atoms with Gasteiger partial charge < -0.3 is 19.2 Å². The van der Waals surface area contributed by atoms with Gasteiger partial charge in [-0.15, -0.1) is 10.2 Å². The van der Waals surface area contributed by atoms with Gasteiger partial charge in [-0.25, -0.2) is 0 Å².